The Hall–Kier alpha value is -1.33. The molecular formula is C14H19NO. The summed E-state index contributed by atoms with van der Waals surface area (Å²) in [6.45, 7) is 2.15. The molecule has 1 rings (SSSR count). The maximum absolute atomic E-state index is 9.16. The van der Waals surface area contributed by atoms with E-state index in [1.807, 2.05) is 25.1 Å². The minimum absolute atomic E-state index is 0.169. The number of nitrogens with zero attached hydrogens (tertiary/aromatic N) is 1. The Kier molecular flexibility index (Phi) is 5.01. The summed E-state index contributed by atoms with van der Waals surface area (Å²) in [4.78, 5) is 0. The zero-order valence-electron chi connectivity index (χ0n) is 9.82. The third-order valence-electron chi connectivity index (χ3n) is 2.96. The van der Waals surface area contributed by atoms with E-state index < -0.39 is 0 Å². The van der Waals surface area contributed by atoms with Gasteiger partial charge in [0.2, 0.25) is 0 Å². The highest BCUT2D eigenvalue weighted by atomic mass is 16.2. The molecule has 0 fully saturated rings. The normalized spacial score (nSPS) is 14.1. The van der Waals surface area contributed by atoms with Crippen LogP contribution in [-0.2, 0) is 6.42 Å². The Bertz CT molecular complexity index is 342. The van der Waals surface area contributed by atoms with Crippen LogP contribution in [0, 0.1) is 16.7 Å². The van der Waals surface area contributed by atoms with Crippen molar-refractivity contribution < 1.29 is 5.11 Å². The quantitative estimate of drug-likeness (QED) is 0.796. The second-order valence-electron chi connectivity index (χ2n) is 4.49. The SMILES string of the molecule is CC(C#N)(CCCO)CCc1ccccc1. The Morgan fingerprint density at radius 1 is 1.25 bits per heavy atom. The fourth-order valence-electron chi connectivity index (χ4n) is 1.77. The molecule has 1 unspecified atom stereocenters. The average Bonchev–Trinajstić information content (AvgIpc) is 2.35. The molecule has 0 aliphatic carbocycles. The fraction of sp³-hybridized carbons (Fsp3) is 0.500. The third kappa shape index (κ3) is 4.04. The molecule has 0 aliphatic rings. The van der Waals surface area contributed by atoms with Crippen molar-refractivity contribution in [3.05, 3.63) is 35.9 Å². The van der Waals surface area contributed by atoms with Gasteiger partial charge >= 0.3 is 0 Å². The third-order valence-corrected chi connectivity index (χ3v) is 2.96. The predicted molar refractivity (Wildman–Crippen MR) is 64.8 cm³/mol. The zero-order valence-corrected chi connectivity index (χ0v) is 9.82. The van der Waals surface area contributed by atoms with Gasteiger partial charge in [-0.05, 0) is 38.2 Å². The molecule has 1 aromatic carbocycles. The molecule has 1 N–H and O–H groups in total. The fourth-order valence-corrected chi connectivity index (χ4v) is 1.77. The van der Waals surface area contributed by atoms with Crippen molar-refractivity contribution in [1.29, 1.82) is 5.26 Å². The van der Waals surface area contributed by atoms with Crippen LogP contribution >= 0.6 is 0 Å². The molecule has 0 saturated heterocycles. The largest absolute Gasteiger partial charge is 0.396 e. The van der Waals surface area contributed by atoms with Crippen LogP contribution in [0.2, 0.25) is 0 Å². The van der Waals surface area contributed by atoms with Gasteiger partial charge in [0.25, 0.3) is 0 Å². The van der Waals surface area contributed by atoms with E-state index in [1.54, 1.807) is 0 Å². The molecule has 1 atom stereocenters. The highest BCUT2D eigenvalue weighted by molar-refractivity contribution is 5.15. The van der Waals surface area contributed by atoms with E-state index in [1.165, 1.54) is 5.56 Å². The van der Waals surface area contributed by atoms with Crippen LogP contribution in [0.5, 0.6) is 0 Å². The first-order valence-electron chi connectivity index (χ1n) is 5.76. The first kappa shape index (κ1) is 12.7. The molecule has 1 aromatic rings. The number of aliphatic hydroxyl groups is 1. The first-order chi connectivity index (χ1) is 7.70. The van der Waals surface area contributed by atoms with Crippen LogP contribution in [0.25, 0.3) is 0 Å². The van der Waals surface area contributed by atoms with Gasteiger partial charge in [0.15, 0.2) is 0 Å². The minimum atomic E-state index is -0.307. The highest BCUT2D eigenvalue weighted by Gasteiger charge is 2.22. The van der Waals surface area contributed by atoms with Gasteiger partial charge in [0.05, 0.1) is 11.5 Å². The number of nitriles is 1. The zero-order chi connectivity index (χ0) is 11.9. The summed E-state index contributed by atoms with van der Waals surface area (Å²) >= 11 is 0. The van der Waals surface area contributed by atoms with Crippen molar-refractivity contribution in [2.45, 2.75) is 32.6 Å². The molecule has 0 aromatic heterocycles. The van der Waals surface area contributed by atoms with Crippen LogP contribution in [-0.4, -0.2) is 11.7 Å². The number of rotatable bonds is 6. The standard InChI is InChI=1S/C14H19NO/c1-14(12-15,9-5-11-16)10-8-13-6-3-2-4-7-13/h2-4,6-7,16H,5,8-11H2,1H3. The van der Waals surface area contributed by atoms with Crippen molar-refractivity contribution in [2.24, 2.45) is 5.41 Å². The molecule has 0 amide bonds. The molecular weight excluding hydrogens is 198 g/mol. The van der Waals surface area contributed by atoms with Gasteiger partial charge in [-0.3, -0.25) is 0 Å². The summed E-state index contributed by atoms with van der Waals surface area (Å²) in [6.07, 6.45) is 3.26. The summed E-state index contributed by atoms with van der Waals surface area (Å²) in [5.41, 5.74) is 0.964. The lowest BCUT2D eigenvalue weighted by atomic mass is 9.81. The van der Waals surface area contributed by atoms with Crippen LogP contribution in [0.4, 0.5) is 0 Å². The van der Waals surface area contributed by atoms with E-state index >= 15 is 0 Å². The maximum atomic E-state index is 9.16. The van der Waals surface area contributed by atoms with E-state index in [-0.39, 0.29) is 12.0 Å². The first-order valence-corrected chi connectivity index (χ1v) is 5.76. The van der Waals surface area contributed by atoms with Crippen molar-refractivity contribution in [3.63, 3.8) is 0 Å². The summed E-state index contributed by atoms with van der Waals surface area (Å²) in [7, 11) is 0. The molecule has 2 nitrogen and oxygen atoms in total. The number of aliphatic hydroxyl groups excluding tert-OH is 1. The van der Waals surface area contributed by atoms with E-state index in [4.69, 9.17) is 10.4 Å². The van der Waals surface area contributed by atoms with Gasteiger partial charge < -0.3 is 5.11 Å². The molecule has 0 heterocycles. The molecule has 2 heteroatoms. The monoisotopic (exact) mass is 217 g/mol. The van der Waals surface area contributed by atoms with E-state index in [2.05, 4.69) is 18.2 Å². The smallest absolute Gasteiger partial charge is 0.0686 e. The second-order valence-corrected chi connectivity index (χ2v) is 4.49. The maximum Gasteiger partial charge on any atom is 0.0686 e. The Labute approximate surface area is 97.5 Å². The van der Waals surface area contributed by atoms with Crippen molar-refractivity contribution in [2.75, 3.05) is 6.61 Å². The number of aryl methyl sites for hydroxylation is 1. The van der Waals surface area contributed by atoms with Crippen molar-refractivity contribution >= 4 is 0 Å². The van der Waals surface area contributed by atoms with E-state index in [0.717, 1.165) is 19.3 Å². The molecule has 0 radical (unpaired) electrons. The Morgan fingerprint density at radius 3 is 2.50 bits per heavy atom. The van der Waals surface area contributed by atoms with Gasteiger partial charge in [0.1, 0.15) is 0 Å². The molecule has 0 bridgehead atoms. The number of benzene rings is 1. The van der Waals surface area contributed by atoms with Crippen molar-refractivity contribution in [1.82, 2.24) is 0 Å². The van der Waals surface area contributed by atoms with Gasteiger partial charge in [-0.1, -0.05) is 30.3 Å². The lowest BCUT2D eigenvalue weighted by Gasteiger charge is -2.20. The molecule has 16 heavy (non-hydrogen) atoms. The minimum Gasteiger partial charge on any atom is -0.396 e. The molecule has 0 aliphatic heterocycles. The summed E-state index contributed by atoms with van der Waals surface area (Å²) in [5.74, 6) is 0. The topological polar surface area (TPSA) is 44.0 Å². The van der Waals surface area contributed by atoms with Crippen LogP contribution in [0.1, 0.15) is 31.7 Å². The average molecular weight is 217 g/mol. The summed E-state index contributed by atoms with van der Waals surface area (Å²) < 4.78 is 0. The van der Waals surface area contributed by atoms with E-state index in [9.17, 15) is 0 Å². The summed E-state index contributed by atoms with van der Waals surface area (Å²) in [6, 6.07) is 12.6. The molecule has 0 spiro atoms. The second kappa shape index (κ2) is 6.30. The molecule has 0 saturated carbocycles. The Morgan fingerprint density at radius 2 is 1.94 bits per heavy atom. The van der Waals surface area contributed by atoms with Crippen LogP contribution in [0.15, 0.2) is 30.3 Å². The van der Waals surface area contributed by atoms with Gasteiger partial charge in [-0.2, -0.15) is 5.26 Å². The van der Waals surface area contributed by atoms with Crippen LogP contribution < -0.4 is 0 Å². The number of hydrogen-bond acceptors (Lipinski definition) is 2. The predicted octanol–water partition coefficient (Wildman–Crippen LogP) is 2.92. The lowest BCUT2D eigenvalue weighted by Crippen LogP contribution is -2.15. The lowest BCUT2D eigenvalue weighted by molar-refractivity contribution is 0.253. The van der Waals surface area contributed by atoms with Crippen molar-refractivity contribution in [3.8, 4) is 6.07 Å². The van der Waals surface area contributed by atoms with Gasteiger partial charge in [-0.25, -0.2) is 0 Å². The van der Waals surface area contributed by atoms with Crippen LogP contribution in [0.3, 0.4) is 0 Å². The summed E-state index contributed by atoms with van der Waals surface area (Å²) in [5, 5.41) is 18.0. The van der Waals surface area contributed by atoms with E-state index in [0.29, 0.717) is 6.42 Å². The highest BCUT2D eigenvalue weighted by Crippen LogP contribution is 2.28. The van der Waals surface area contributed by atoms with Gasteiger partial charge in [-0.15, -0.1) is 0 Å². The molecule has 86 valence electrons. The van der Waals surface area contributed by atoms with Gasteiger partial charge in [0, 0.05) is 6.61 Å². The Balaban J connectivity index is 2.49. The number of hydrogen-bond donors (Lipinski definition) is 1.